The van der Waals surface area contributed by atoms with Gasteiger partial charge in [-0.3, -0.25) is 0 Å². The predicted molar refractivity (Wildman–Crippen MR) is 66.8 cm³/mol. The molecule has 1 aliphatic heterocycles. The van der Waals surface area contributed by atoms with Crippen LogP contribution in [-0.4, -0.2) is 29.6 Å². The van der Waals surface area contributed by atoms with Gasteiger partial charge in [-0.25, -0.2) is 0 Å². The van der Waals surface area contributed by atoms with Gasteiger partial charge >= 0.3 is 0 Å². The molecule has 96 valence electrons. The van der Waals surface area contributed by atoms with Gasteiger partial charge in [-0.05, 0) is 56.0 Å². The highest BCUT2D eigenvalue weighted by Gasteiger charge is 2.20. The van der Waals surface area contributed by atoms with Crippen LogP contribution in [0.2, 0.25) is 0 Å². The molecule has 2 rings (SSSR count). The van der Waals surface area contributed by atoms with E-state index in [2.05, 4.69) is 17.9 Å². The Balaban J connectivity index is 0.00000144. The minimum Gasteiger partial charge on any atom is -1.00 e. The number of halogens is 1. The van der Waals surface area contributed by atoms with E-state index in [4.69, 9.17) is 0 Å². The molecule has 0 radical (unpaired) electrons. The predicted octanol–water partition coefficient (Wildman–Crippen LogP) is -0.0144. The van der Waals surface area contributed by atoms with Crippen molar-refractivity contribution in [3.8, 4) is 5.75 Å². The molecule has 1 aromatic carbocycles. The smallest absolute Gasteiger partial charge is 0.115 e. The molecule has 3 heteroatoms. The monoisotopic (exact) mass is 254 g/mol. The molecular weight excluding hydrogens is 234 g/mol. The normalized spacial score (nSPS) is 20.9. The molecule has 0 spiro atoms. The molecule has 1 atom stereocenters. The van der Waals surface area contributed by atoms with Crippen molar-refractivity contribution in [2.24, 2.45) is 0 Å². The van der Waals surface area contributed by atoms with E-state index in [1.807, 2.05) is 12.1 Å². The van der Waals surface area contributed by atoms with Crippen molar-refractivity contribution < 1.29 is 17.5 Å². The summed E-state index contributed by atoms with van der Waals surface area (Å²) in [6.45, 7) is 5.83. The Morgan fingerprint density at radius 2 is 2.24 bits per heavy atom. The van der Waals surface area contributed by atoms with Crippen LogP contribution in [-0.2, 0) is 0 Å². The van der Waals surface area contributed by atoms with Crippen LogP contribution in [0.1, 0.15) is 37.7 Å². The van der Waals surface area contributed by atoms with E-state index in [9.17, 15) is 5.11 Å². The topological polar surface area (TPSA) is 23.5 Å². The highest BCUT2D eigenvalue weighted by Crippen LogP contribution is 2.28. The Morgan fingerprint density at radius 1 is 1.41 bits per heavy atom. The molecule has 1 heterocycles. The zero-order valence-corrected chi connectivity index (χ0v) is 11.2. The first-order valence-corrected chi connectivity index (χ1v) is 6.31. The molecule has 0 aromatic heterocycles. The van der Waals surface area contributed by atoms with E-state index in [0.29, 0.717) is 11.7 Å². The van der Waals surface area contributed by atoms with Crippen LogP contribution in [0, 0.1) is 0 Å². The highest BCUT2D eigenvalue weighted by molar-refractivity contribution is 5.30. The Hall–Kier alpha value is -0.730. The van der Waals surface area contributed by atoms with E-state index < -0.39 is 0 Å². The second-order valence-corrected chi connectivity index (χ2v) is 4.73. The number of rotatable bonds is 3. The molecule has 1 aliphatic rings. The van der Waals surface area contributed by atoms with Crippen LogP contribution in [0.4, 0.5) is 0 Å². The average Bonchev–Trinajstić information content (AvgIpc) is 2.30. The van der Waals surface area contributed by atoms with Crippen molar-refractivity contribution in [2.75, 3.05) is 19.6 Å². The van der Waals surface area contributed by atoms with Crippen molar-refractivity contribution in [3.05, 3.63) is 29.8 Å². The third kappa shape index (κ3) is 3.90. The Kier molecular flexibility index (Phi) is 5.79. The van der Waals surface area contributed by atoms with Gasteiger partial charge in [-0.1, -0.05) is 19.1 Å². The molecule has 2 nitrogen and oxygen atoms in total. The number of hydrogen-bond donors (Lipinski definition) is 1. The first-order valence-electron chi connectivity index (χ1n) is 6.31. The van der Waals surface area contributed by atoms with Crippen molar-refractivity contribution in [1.82, 2.24) is 4.90 Å². The minimum absolute atomic E-state index is 0. The molecule has 1 fully saturated rings. The summed E-state index contributed by atoms with van der Waals surface area (Å²) in [5.41, 5.74) is 1.29. The van der Waals surface area contributed by atoms with Gasteiger partial charge in [0.15, 0.2) is 0 Å². The van der Waals surface area contributed by atoms with E-state index in [0.717, 1.165) is 6.54 Å². The van der Waals surface area contributed by atoms with Gasteiger partial charge in [-0.15, -0.1) is 0 Å². The number of hydrogen-bond acceptors (Lipinski definition) is 2. The van der Waals surface area contributed by atoms with Gasteiger partial charge in [0.05, 0.1) is 0 Å². The number of likely N-dealkylation sites (tertiary alicyclic amines) is 1. The Labute approximate surface area is 110 Å². The van der Waals surface area contributed by atoms with E-state index in [1.54, 1.807) is 6.07 Å². The molecule has 17 heavy (non-hydrogen) atoms. The number of piperidine rings is 1. The lowest BCUT2D eigenvalue weighted by Crippen LogP contribution is -3.00. The van der Waals surface area contributed by atoms with E-state index in [1.165, 1.54) is 37.9 Å². The molecule has 0 saturated carbocycles. The number of aromatic hydroxyl groups is 1. The second-order valence-electron chi connectivity index (χ2n) is 4.73. The number of phenolic OH excluding ortho intramolecular Hbond substituents is 1. The molecule has 0 amide bonds. The second kappa shape index (κ2) is 6.87. The third-order valence-corrected chi connectivity index (χ3v) is 3.39. The zero-order chi connectivity index (χ0) is 11.4. The molecular formula is C14H21ClNO-. The molecule has 0 bridgehead atoms. The van der Waals surface area contributed by atoms with Crippen LogP contribution in [0.3, 0.4) is 0 Å². The van der Waals surface area contributed by atoms with Crippen molar-refractivity contribution in [3.63, 3.8) is 0 Å². The first kappa shape index (κ1) is 14.3. The van der Waals surface area contributed by atoms with Gasteiger partial charge in [-0.2, -0.15) is 0 Å². The maximum atomic E-state index is 9.50. The number of nitrogens with zero attached hydrogens (tertiary/aromatic N) is 1. The lowest BCUT2D eigenvalue weighted by atomic mass is 9.90. The molecule has 1 N–H and O–H groups in total. The Morgan fingerprint density at radius 3 is 2.94 bits per heavy atom. The fourth-order valence-electron chi connectivity index (χ4n) is 2.63. The minimum atomic E-state index is 0. The SMILES string of the molecule is CCCN1CCCC(c2cccc(O)c2)C1.[Cl-]. The fraction of sp³-hybridized carbons (Fsp3) is 0.571. The standard InChI is InChI=1S/C14H21NO.ClH/c1-2-8-15-9-4-6-13(11-15)12-5-3-7-14(16)10-12;/h3,5,7,10,13,16H,2,4,6,8-9,11H2,1H3;1H/p-1. The summed E-state index contributed by atoms with van der Waals surface area (Å²) >= 11 is 0. The summed E-state index contributed by atoms with van der Waals surface area (Å²) < 4.78 is 0. The lowest BCUT2D eigenvalue weighted by molar-refractivity contribution is -0.00000443. The maximum Gasteiger partial charge on any atom is 0.115 e. The van der Waals surface area contributed by atoms with E-state index >= 15 is 0 Å². The summed E-state index contributed by atoms with van der Waals surface area (Å²) in [6, 6.07) is 7.75. The quantitative estimate of drug-likeness (QED) is 0.820. The van der Waals surface area contributed by atoms with Gasteiger partial charge in [0, 0.05) is 6.54 Å². The molecule has 1 saturated heterocycles. The van der Waals surface area contributed by atoms with Crippen molar-refractivity contribution >= 4 is 0 Å². The highest BCUT2D eigenvalue weighted by atomic mass is 35.5. The number of phenols is 1. The van der Waals surface area contributed by atoms with Crippen LogP contribution >= 0.6 is 0 Å². The van der Waals surface area contributed by atoms with Crippen LogP contribution in [0.15, 0.2) is 24.3 Å². The van der Waals surface area contributed by atoms with Crippen LogP contribution in [0.5, 0.6) is 5.75 Å². The van der Waals surface area contributed by atoms with Gasteiger partial charge in [0.2, 0.25) is 0 Å². The van der Waals surface area contributed by atoms with Crippen LogP contribution < -0.4 is 12.4 Å². The average molecular weight is 255 g/mol. The van der Waals surface area contributed by atoms with Crippen LogP contribution in [0.25, 0.3) is 0 Å². The zero-order valence-electron chi connectivity index (χ0n) is 10.4. The van der Waals surface area contributed by atoms with Gasteiger partial charge in [0.1, 0.15) is 5.75 Å². The summed E-state index contributed by atoms with van der Waals surface area (Å²) in [5, 5.41) is 9.50. The summed E-state index contributed by atoms with van der Waals surface area (Å²) in [5.74, 6) is 0.998. The first-order chi connectivity index (χ1) is 7.79. The molecule has 1 unspecified atom stereocenters. The maximum absolute atomic E-state index is 9.50. The van der Waals surface area contributed by atoms with Crippen molar-refractivity contribution in [2.45, 2.75) is 32.1 Å². The summed E-state index contributed by atoms with van der Waals surface area (Å²) in [6.07, 6.45) is 3.76. The molecule has 1 aromatic rings. The summed E-state index contributed by atoms with van der Waals surface area (Å²) in [7, 11) is 0. The van der Waals surface area contributed by atoms with E-state index in [-0.39, 0.29) is 12.4 Å². The summed E-state index contributed by atoms with van der Waals surface area (Å²) in [4.78, 5) is 2.54. The third-order valence-electron chi connectivity index (χ3n) is 3.39. The largest absolute Gasteiger partial charge is 1.00 e. The Bertz CT molecular complexity index is 341. The van der Waals surface area contributed by atoms with Gasteiger partial charge in [0.25, 0.3) is 0 Å². The number of benzene rings is 1. The lowest BCUT2D eigenvalue weighted by Gasteiger charge is -2.32. The van der Waals surface area contributed by atoms with Crippen molar-refractivity contribution in [1.29, 1.82) is 0 Å². The fourth-order valence-corrected chi connectivity index (χ4v) is 2.63. The molecule has 0 aliphatic carbocycles. The van der Waals surface area contributed by atoms with Gasteiger partial charge < -0.3 is 22.4 Å².